The number of amides is 2. The quantitative estimate of drug-likeness (QED) is 0.177. The van der Waals surface area contributed by atoms with Gasteiger partial charge in [0.05, 0.1) is 29.5 Å². The van der Waals surface area contributed by atoms with E-state index >= 15 is 0 Å². The van der Waals surface area contributed by atoms with Crippen LogP contribution < -0.4 is 16.2 Å². The van der Waals surface area contributed by atoms with Crippen molar-refractivity contribution in [3.05, 3.63) is 136 Å². The lowest BCUT2D eigenvalue weighted by atomic mass is 9.73. The van der Waals surface area contributed by atoms with Gasteiger partial charge in [-0.15, -0.1) is 24.5 Å². The first-order chi connectivity index (χ1) is 28.1. The highest BCUT2D eigenvalue weighted by atomic mass is 32.1. The molecule has 59 heavy (non-hydrogen) atoms. The normalized spacial score (nSPS) is 21.5. The van der Waals surface area contributed by atoms with Crippen molar-refractivity contribution >= 4 is 35.1 Å². The van der Waals surface area contributed by atoms with Gasteiger partial charge in [0.15, 0.2) is 11.9 Å². The zero-order valence-electron chi connectivity index (χ0n) is 32.7. The van der Waals surface area contributed by atoms with Crippen molar-refractivity contribution in [3.63, 3.8) is 0 Å². The van der Waals surface area contributed by atoms with Gasteiger partial charge in [0.2, 0.25) is 11.8 Å². The molecule has 0 bridgehead atoms. The molecule has 4 N–H and O–H groups in total. The minimum absolute atomic E-state index is 0.0321. The van der Waals surface area contributed by atoms with Crippen LogP contribution in [0.15, 0.2) is 118 Å². The maximum absolute atomic E-state index is 13.2. The monoisotopic (exact) mass is 817 g/mol. The Morgan fingerprint density at radius 3 is 2.27 bits per heavy atom. The van der Waals surface area contributed by atoms with E-state index < -0.39 is 17.4 Å². The van der Waals surface area contributed by atoms with Gasteiger partial charge in [0, 0.05) is 19.0 Å². The molecule has 0 saturated carbocycles. The molecule has 302 valence electrons. The average Bonchev–Trinajstić information content (AvgIpc) is 3.73. The van der Waals surface area contributed by atoms with Gasteiger partial charge in [0.25, 0.3) is 0 Å². The fourth-order valence-corrected chi connectivity index (χ4v) is 9.06. The van der Waals surface area contributed by atoms with Crippen LogP contribution in [-0.2, 0) is 33.5 Å². The Morgan fingerprint density at radius 2 is 1.56 bits per heavy atom. The maximum atomic E-state index is 13.2. The molecule has 1 aromatic heterocycles. The van der Waals surface area contributed by atoms with Crippen LogP contribution >= 0.6 is 11.3 Å². The number of benzene rings is 4. The number of aliphatic imine (C=N–C) groups is 2. The zero-order valence-corrected chi connectivity index (χ0v) is 33.5. The number of aryl methyl sites for hydroxylation is 1. The van der Waals surface area contributed by atoms with Crippen molar-refractivity contribution in [1.29, 1.82) is 5.26 Å². The number of hydrogen-bond acceptors (Lipinski definition) is 9. The fourth-order valence-electron chi connectivity index (χ4n) is 7.98. The van der Waals surface area contributed by atoms with Crippen LogP contribution in [0.5, 0.6) is 5.75 Å². The van der Waals surface area contributed by atoms with E-state index in [2.05, 4.69) is 21.9 Å². The molecule has 8 rings (SSSR count). The number of nitrogens with two attached hydrogens (primary N) is 2. The Balaban J connectivity index is 0.000000179. The van der Waals surface area contributed by atoms with Crippen molar-refractivity contribution in [2.24, 2.45) is 27.4 Å². The van der Waals surface area contributed by atoms with Crippen LogP contribution in [0.1, 0.15) is 53.3 Å². The number of carbonyl (C=O) groups is 2. The highest BCUT2D eigenvalue weighted by Gasteiger charge is 2.47. The van der Waals surface area contributed by atoms with Gasteiger partial charge < -0.3 is 16.2 Å². The Kier molecular flexibility index (Phi) is 11.1. The number of guanidine groups is 2. The molecule has 1 spiro atoms. The van der Waals surface area contributed by atoms with Gasteiger partial charge in [0.1, 0.15) is 11.3 Å². The van der Waals surface area contributed by atoms with Crippen molar-refractivity contribution in [2.75, 3.05) is 14.1 Å². The second-order valence-corrected chi connectivity index (χ2v) is 16.0. The summed E-state index contributed by atoms with van der Waals surface area (Å²) in [5, 5.41) is 11.2. The van der Waals surface area contributed by atoms with Gasteiger partial charge in [-0.05, 0) is 113 Å². The van der Waals surface area contributed by atoms with E-state index in [0.717, 1.165) is 51.1 Å². The van der Waals surface area contributed by atoms with Crippen molar-refractivity contribution in [2.45, 2.75) is 56.5 Å². The molecule has 10 nitrogen and oxygen atoms in total. The highest BCUT2D eigenvalue weighted by molar-refractivity contribution is 7.10. The van der Waals surface area contributed by atoms with Gasteiger partial charge in [-0.3, -0.25) is 19.4 Å². The van der Waals surface area contributed by atoms with Crippen LogP contribution in [0.3, 0.4) is 0 Å². The van der Waals surface area contributed by atoms with E-state index in [9.17, 15) is 28.0 Å². The first-order valence-electron chi connectivity index (χ1n) is 19.0. The molecule has 4 aromatic carbocycles. The lowest BCUT2D eigenvalue weighted by molar-refractivity contribution is -0.274. The summed E-state index contributed by atoms with van der Waals surface area (Å²) in [6.07, 6.45) is -1.52. The van der Waals surface area contributed by atoms with Crippen LogP contribution in [0.2, 0.25) is 0 Å². The fraction of sp³-hybridized carbons (Fsp3) is 0.267. The number of halogens is 3. The van der Waals surface area contributed by atoms with E-state index in [1.54, 1.807) is 37.6 Å². The van der Waals surface area contributed by atoms with Crippen molar-refractivity contribution < 1.29 is 27.5 Å². The van der Waals surface area contributed by atoms with E-state index in [1.165, 1.54) is 28.0 Å². The molecule has 3 heterocycles. The standard InChI is InChI=1S/C24H22N4OS.C21H20F3N3O2/c1-24(21-13-19(15-30-21)18-10-6-9-17(11-18)14-25)20(12-16-7-4-3-5-8-16)22(29)28(2)23(26)27-24;1-27-18(28)12-20(26-19(27)25)9-3-5-13-7-8-15(11-17(13)20)14-4-2-6-16(10-14)29-21(22,23)24/h3-11,13,15,20H,12H2,1-2H3,(H2,26,27);2,4,6-8,10-11H,3,5,9,12H2,1H3,(H2,25,26)/t20-,24-;20-/m00/s1. The molecule has 2 aliphatic heterocycles. The number of alkyl halides is 3. The molecule has 1 aliphatic carbocycles. The predicted octanol–water partition coefficient (Wildman–Crippen LogP) is 8.11. The molecular formula is C45H42F3N7O3S. The van der Waals surface area contributed by atoms with Gasteiger partial charge >= 0.3 is 6.36 Å². The molecule has 5 aromatic rings. The smallest absolute Gasteiger partial charge is 0.406 e. The van der Waals surface area contributed by atoms with E-state index in [0.29, 0.717) is 24.0 Å². The first-order valence-corrected chi connectivity index (χ1v) is 19.8. The summed E-state index contributed by atoms with van der Waals surface area (Å²) in [4.78, 5) is 38.9. The molecule has 0 fully saturated rings. The molecular weight excluding hydrogens is 776 g/mol. The summed E-state index contributed by atoms with van der Waals surface area (Å²) < 4.78 is 41.7. The molecule has 0 saturated heterocycles. The number of nitriles is 1. The lowest BCUT2D eigenvalue weighted by Crippen LogP contribution is -2.54. The van der Waals surface area contributed by atoms with Crippen LogP contribution in [-0.4, -0.2) is 54.0 Å². The summed E-state index contributed by atoms with van der Waals surface area (Å²) in [7, 11) is 3.27. The zero-order chi connectivity index (χ0) is 42.1. The van der Waals surface area contributed by atoms with Crippen molar-refractivity contribution in [3.8, 4) is 34.1 Å². The minimum Gasteiger partial charge on any atom is -0.406 e. The lowest BCUT2D eigenvalue weighted by Gasteiger charge is -2.40. The third-order valence-electron chi connectivity index (χ3n) is 11.2. The number of carbonyl (C=O) groups excluding carboxylic acids is 2. The Bertz CT molecular complexity index is 2510. The molecule has 3 aliphatic rings. The maximum Gasteiger partial charge on any atom is 0.573 e. The number of nitrogens with zero attached hydrogens (tertiary/aromatic N) is 5. The van der Waals surface area contributed by atoms with Gasteiger partial charge in [-0.2, -0.15) is 5.26 Å². The molecule has 0 radical (unpaired) electrons. The summed E-state index contributed by atoms with van der Waals surface area (Å²) in [6.45, 7) is 1.99. The number of rotatable bonds is 6. The van der Waals surface area contributed by atoms with Crippen LogP contribution in [0.25, 0.3) is 22.3 Å². The van der Waals surface area contributed by atoms with Gasteiger partial charge in [-0.25, -0.2) is 9.98 Å². The largest absolute Gasteiger partial charge is 0.573 e. The SMILES string of the molecule is CN1C(=O)C[C@]2(CCCc3ccc(-c4cccc(OC(F)(F)F)c4)cc32)N=C1N.CN1C(=O)[C@H](Cc2ccccc2)[C@@](C)(c2cc(-c3cccc(C#N)c3)cs2)N=C1N. The second kappa shape index (κ2) is 16.1. The van der Waals surface area contributed by atoms with E-state index in [4.69, 9.17) is 16.5 Å². The van der Waals surface area contributed by atoms with E-state index in [1.807, 2.05) is 79.0 Å². The molecule has 0 unspecified atom stereocenters. The minimum atomic E-state index is -4.75. The number of thiophene rings is 1. The Labute approximate surface area is 344 Å². The summed E-state index contributed by atoms with van der Waals surface area (Å²) in [5.41, 5.74) is 17.6. The summed E-state index contributed by atoms with van der Waals surface area (Å²) in [5.74, 6) is -0.367. The number of hydrogen-bond donors (Lipinski definition) is 2. The Morgan fingerprint density at radius 1 is 0.864 bits per heavy atom. The summed E-state index contributed by atoms with van der Waals surface area (Å²) in [6, 6.07) is 33.3. The third-order valence-corrected chi connectivity index (χ3v) is 12.4. The van der Waals surface area contributed by atoms with Crippen LogP contribution in [0.4, 0.5) is 13.2 Å². The van der Waals surface area contributed by atoms with Crippen LogP contribution in [0, 0.1) is 17.2 Å². The van der Waals surface area contributed by atoms with E-state index in [-0.39, 0.29) is 41.8 Å². The molecule has 14 heteroatoms. The highest BCUT2D eigenvalue weighted by Crippen LogP contribution is 2.46. The van der Waals surface area contributed by atoms with Crippen molar-refractivity contribution in [1.82, 2.24) is 9.80 Å². The average molecular weight is 818 g/mol. The predicted molar refractivity (Wildman–Crippen MR) is 222 cm³/mol. The third kappa shape index (κ3) is 8.42. The molecule has 2 amide bonds. The number of ether oxygens (including phenoxy) is 1. The Hall–Kier alpha value is -6.46. The molecule has 3 atom stereocenters. The first kappa shape index (κ1) is 40.7. The van der Waals surface area contributed by atoms with Gasteiger partial charge in [-0.1, -0.05) is 66.7 Å². The second-order valence-electron chi connectivity index (χ2n) is 15.1. The topological polar surface area (TPSA) is 150 Å². The number of fused-ring (bicyclic) bond motifs is 2. The summed E-state index contributed by atoms with van der Waals surface area (Å²) >= 11 is 1.57.